The third-order valence-corrected chi connectivity index (χ3v) is 5.57. The molecule has 2 aromatic carbocycles. The number of amides is 1. The zero-order valence-corrected chi connectivity index (χ0v) is 20.0. The Bertz CT molecular complexity index is 1240. The smallest absolute Gasteiger partial charge is 0.395 e. The van der Waals surface area contributed by atoms with Crippen molar-refractivity contribution in [3.05, 3.63) is 65.2 Å². The lowest BCUT2D eigenvalue weighted by molar-refractivity contribution is -0.137. The molecular weight excluding hydrogens is 505 g/mol. The molecule has 38 heavy (non-hydrogen) atoms. The van der Waals surface area contributed by atoms with Crippen LogP contribution in [0.4, 0.5) is 36.7 Å². The first kappa shape index (κ1) is 26.8. The number of hydrogen-bond acceptors (Lipinski definition) is 10. The van der Waals surface area contributed by atoms with Crippen molar-refractivity contribution >= 4 is 35.7 Å². The molecule has 0 bridgehead atoms. The fraction of sp³-hybridized carbons (Fsp3) is 0.292. The molecule has 0 saturated carbocycles. The molecule has 1 amide bonds. The van der Waals surface area contributed by atoms with Gasteiger partial charge in [0.25, 0.3) is 0 Å². The highest BCUT2D eigenvalue weighted by Crippen LogP contribution is 2.34. The first-order valence-electron chi connectivity index (χ1n) is 11.6. The lowest BCUT2D eigenvalue weighted by Crippen LogP contribution is -2.17. The SMILES string of the molecule is O=CN1N=C(c2ccc(Nc3nc(NCCO)nc(NCCO)n3)cc2)CC1c1ccc(C(F)(F)F)cc1. The fourth-order valence-electron chi connectivity index (χ4n) is 3.76. The van der Waals surface area contributed by atoms with Crippen LogP contribution in [0.3, 0.4) is 0 Å². The standard InChI is InChI=1S/C24H25F3N8O3/c25-24(26,27)17-5-1-16(2-6-17)20-13-19(34-35(20)14-38)15-3-7-18(8-4-15)30-23-32-21(28-9-11-36)31-22(33-23)29-10-12-37/h1-8,14,20,36-37H,9-13H2,(H3,28,29,30,31,32,33). The monoisotopic (exact) mass is 530 g/mol. The molecular formula is C24H25F3N8O3. The van der Waals surface area contributed by atoms with Gasteiger partial charge in [0.05, 0.1) is 30.5 Å². The Morgan fingerprint density at radius 2 is 1.47 bits per heavy atom. The maximum Gasteiger partial charge on any atom is 0.416 e. The van der Waals surface area contributed by atoms with Crippen LogP contribution >= 0.6 is 0 Å². The second-order valence-corrected chi connectivity index (χ2v) is 8.18. The van der Waals surface area contributed by atoms with Gasteiger partial charge in [0.2, 0.25) is 24.3 Å². The molecule has 1 aromatic heterocycles. The zero-order chi connectivity index (χ0) is 27.1. The first-order chi connectivity index (χ1) is 18.3. The van der Waals surface area contributed by atoms with E-state index in [4.69, 9.17) is 10.2 Å². The van der Waals surface area contributed by atoms with Gasteiger partial charge in [0.1, 0.15) is 0 Å². The van der Waals surface area contributed by atoms with E-state index in [2.05, 4.69) is 36.0 Å². The minimum atomic E-state index is -4.44. The van der Waals surface area contributed by atoms with E-state index < -0.39 is 17.8 Å². The largest absolute Gasteiger partial charge is 0.416 e. The second-order valence-electron chi connectivity index (χ2n) is 8.18. The average molecular weight is 531 g/mol. The fourth-order valence-corrected chi connectivity index (χ4v) is 3.76. The van der Waals surface area contributed by atoms with Crippen LogP contribution in [0, 0.1) is 0 Å². The average Bonchev–Trinajstić information content (AvgIpc) is 3.35. The van der Waals surface area contributed by atoms with Gasteiger partial charge in [0, 0.05) is 25.2 Å². The molecule has 1 unspecified atom stereocenters. The van der Waals surface area contributed by atoms with Crippen LogP contribution in [-0.4, -0.2) is 68.6 Å². The number of anilines is 4. The summed E-state index contributed by atoms with van der Waals surface area (Å²) in [5, 5.41) is 32.4. The first-order valence-corrected chi connectivity index (χ1v) is 11.6. The minimum Gasteiger partial charge on any atom is -0.395 e. The maximum atomic E-state index is 12.9. The topological polar surface area (TPSA) is 148 Å². The molecule has 0 spiro atoms. The number of hydrogen-bond donors (Lipinski definition) is 5. The van der Waals surface area contributed by atoms with Crippen molar-refractivity contribution in [2.75, 3.05) is 42.3 Å². The van der Waals surface area contributed by atoms with Gasteiger partial charge < -0.3 is 26.2 Å². The van der Waals surface area contributed by atoms with Crippen molar-refractivity contribution < 1.29 is 28.2 Å². The van der Waals surface area contributed by atoms with E-state index in [1.165, 1.54) is 17.1 Å². The molecule has 0 aliphatic carbocycles. The third-order valence-electron chi connectivity index (χ3n) is 5.57. The molecule has 0 fully saturated rings. The van der Waals surface area contributed by atoms with Crippen molar-refractivity contribution in [2.24, 2.45) is 5.10 Å². The molecule has 3 aromatic rings. The van der Waals surface area contributed by atoms with Crippen LogP contribution in [0.2, 0.25) is 0 Å². The summed E-state index contributed by atoms with van der Waals surface area (Å²) in [5.41, 5.74) is 1.79. The predicted octanol–water partition coefficient (Wildman–Crippen LogP) is 2.75. The summed E-state index contributed by atoms with van der Waals surface area (Å²) >= 11 is 0. The molecule has 200 valence electrons. The summed E-state index contributed by atoms with van der Waals surface area (Å²) in [6, 6.07) is 11.3. The number of nitrogens with zero attached hydrogens (tertiary/aromatic N) is 5. The highest BCUT2D eigenvalue weighted by Gasteiger charge is 2.32. The number of carbonyl (C=O) groups is 1. The van der Waals surface area contributed by atoms with Crippen molar-refractivity contribution in [1.82, 2.24) is 20.0 Å². The maximum absolute atomic E-state index is 12.9. The lowest BCUT2D eigenvalue weighted by Gasteiger charge is -2.18. The summed E-state index contributed by atoms with van der Waals surface area (Å²) in [7, 11) is 0. The number of carbonyl (C=O) groups excluding carboxylic acids is 1. The van der Waals surface area contributed by atoms with Gasteiger partial charge in [-0.05, 0) is 35.4 Å². The highest BCUT2D eigenvalue weighted by atomic mass is 19.4. The molecule has 1 aliphatic heterocycles. The highest BCUT2D eigenvalue weighted by molar-refractivity contribution is 6.02. The number of aliphatic hydroxyl groups is 2. The molecule has 1 aliphatic rings. The molecule has 0 radical (unpaired) electrons. The molecule has 0 saturated heterocycles. The normalized spacial score (nSPS) is 15.2. The van der Waals surface area contributed by atoms with Crippen LogP contribution in [0.5, 0.6) is 0 Å². The number of alkyl halides is 3. The predicted molar refractivity (Wildman–Crippen MR) is 134 cm³/mol. The summed E-state index contributed by atoms with van der Waals surface area (Å²) < 4.78 is 38.7. The number of hydrazone groups is 1. The van der Waals surface area contributed by atoms with Gasteiger partial charge in [0.15, 0.2) is 0 Å². The van der Waals surface area contributed by atoms with Crippen molar-refractivity contribution in [3.8, 4) is 0 Å². The van der Waals surface area contributed by atoms with E-state index in [0.29, 0.717) is 29.8 Å². The van der Waals surface area contributed by atoms with Gasteiger partial charge in [-0.3, -0.25) is 4.79 Å². The van der Waals surface area contributed by atoms with Crippen LogP contribution in [0.25, 0.3) is 0 Å². The quantitative estimate of drug-likeness (QED) is 0.236. The van der Waals surface area contributed by atoms with Gasteiger partial charge in [-0.15, -0.1) is 0 Å². The van der Waals surface area contributed by atoms with E-state index in [1.54, 1.807) is 24.3 Å². The molecule has 14 heteroatoms. The number of nitrogens with one attached hydrogen (secondary N) is 3. The van der Waals surface area contributed by atoms with Crippen LogP contribution in [0.1, 0.15) is 29.2 Å². The second kappa shape index (κ2) is 11.8. The Hall–Kier alpha value is -4.30. The van der Waals surface area contributed by atoms with Gasteiger partial charge in [-0.1, -0.05) is 24.3 Å². The molecule has 1 atom stereocenters. The zero-order valence-electron chi connectivity index (χ0n) is 20.0. The Kier molecular flexibility index (Phi) is 8.33. The number of aromatic nitrogens is 3. The van der Waals surface area contributed by atoms with Crippen LogP contribution in [-0.2, 0) is 11.0 Å². The number of halogens is 3. The summed E-state index contributed by atoms with van der Waals surface area (Å²) in [4.78, 5) is 24.3. The molecule has 5 N–H and O–H groups in total. The Labute approximate surface area is 215 Å². The molecule has 11 nitrogen and oxygen atoms in total. The number of benzene rings is 2. The van der Waals surface area contributed by atoms with E-state index >= 15 is 0 Å². The number of rotatable bonds is 11. The van der Waals surface area contributed by atoms with E-state index in [9.17, 15) is 18.0 Å². The van der Waals surface area contributed by atoms with E-state index in [1.807, 2.05) is 0 Å². The van der Waals surface area contributed by atoms with Crippen molar-refractivity contribution in [1.29, 1.82) is 0 Å². The van der Waals surface area contributed by atoms with E-state index in [-0.39, 0.29) is 44.1 Å². The number of aliphatic hydroxyl groups excluding tert-OH is 2. The minimum absolute atomic E-state index is 0.111. The summed E-state index contributed by atoms with van der Waals surface area (Å²) in [6.07, 6.45) is -3.55. The van der Waals surface area contributed by atoms with Crippen LogP contribution in [0.15, 0.2) is 53.6 Å². The van der Waals surface area contributed by atoms with Crippen molar-refractivity contribution in [2.45, 2.75) is 18.6 Å². The van der Waals surface area contributed by atoms with Crippen LogP contribution < -0.4 is 16.0 Å². The Morgan fingerprint density at radius 1 is 0.895 bits per heavy atom. The summed E-state index contributed by atoms with van der Waals surface area (Å²) in [6.45, 7) is 0.261. The van der Waals surface area contributed by atoms with E-state index in [0.717, 1.165) is 17.7 Å². The Morgan fingerprint density at radius 3 is 2.00 bits per heavy atom. The molecule has 4 rings (SSSR count). The Balaban J connectivity index is 1.47. The summed E-state index contributed by atoms with van der Waals surface area (Å²) in [5.74, 6) is 0.690. The third kappa shape index (κ3) is 6.52. The molecule has 2 heterocycles. The van der Waals surface area contributed by atoms with Crippen molar-refractivity contribution in [3.63, 3.8) is 0 Å². The van der Waals surface area contributed by atoms with Gasteiger partial charge >= 0.3 is 6.18 Å². The van der Waals surface area contributed by atoms with Gasteiger partial charge in [-0.25, -0.2) is 5.01 Å². The lowest BCUT2D eigenvalue weighted by atomic mass is 9.97. The van der Waals surface area contributed by atoms with Gasteiger partial charge in [-0.2, -0.15) is 33.2 Å².